The first kappa shape index (κ1) is 11.7. The number of nitrogen functional groups attached to an aromatic ring is 1. The van der Waals surface area contributed by atoms with Gasteiger partial charge in [-0.2, -0.15) is 0 Å². The molecule has 2 heteroatoms. The van der Waals surface area contributed by atoms with Crippen LogP contribution in [0.3, 0.4) is 0 Å². The van der Waals surface area contributed by atoms with Gasteiger partial charge in [-0.15, -0.1) is 0 Å². The minimum atomic E-state index is 0.827. The van der Waals surface area contributed by atoms with Crippen LogP contribution in [0, 0.1) is 0 Å². The van der Waals surface area contributed by atoms with Crippen molar-refractivity contribution in [3.05, 3.63) is 54.1 Å². The molecule has 17 heavy (non-hydrogen) atoms. The van der Waals surface area contributed by atoms with Crippen LogP contribution in [0.2, 0.25) is 0 Å². The molecule has 0 heterocycles. The summed E-state index contributed by atoms with van der Waals surface area (Å²) in [5, 5.41) is 0. The molecular weight excluding hydrogens is 208 g/mol. The molecule has 0 amide bonds. The number of anilines is 1. The van der Waals surface area contributed by atoms with Crippen molar-refractivity contribution in [2.24, 2.45) is 0 Å². The molecule has 2 aromatic carbocycles. The molecule has 0 saturated heterocycles. The second-order valence-electron chi connectivity index (χ2n) is 4.52. The summed E-state index contributed by atoms with van der Waals surface area (Å²) in [6, 6.07) is 16.5. The molecule has 88 valence electrons. The molecule has 0 radical (unpaired) electrons. The molecule has 0 aliphatic rings. The topological polar surface area (TPSA) is 29.3 Å². The molecule has 0 aliphatic carbocycles. The highest BCUT2D eigenvalue weighted by Gasteiger charge is 2.01. The van der Waals surface area contributed by atoms with E-state index in [0.29, 0.717) is 0 Å². The van der Waals surface area contributed by atoms with Gasteiger partial charge in [0.1, 0.15) is 0 Å². The highest BCUT2D eigenvalue weighted by molar-refractivity contribution is 5.76. The van der Waals surface area contributed by atoms with Crippen LogP contribution < -0.4 is 5.73 Å². The summed E-state index contributed by atoms with van der Waals surface area (Å²) < 4.78 is 0. The fourth-order valence-electron chi connectivity index (χ4n) is 1.91. The predicted octanol–water partition coefficient (Wildman–Crippen LogP) is 3.00. The Morgan fingerprint density at radius 2 is 1.59 bits per heavy atom. The number of benzene rings is 2. The third-order valence-electron chi connectivity index (χ3n) is 2.72. The Morgan fingerprint density at radius 1 is 0.941 bits per heavy atom. The quantitative estimate of drug-likeness (QED) is 0.815. The van der Waals surface area contributed by atoms with Gasteiger partial charge in [-0.05, 0) is 31.3 Å². The van der Waals surface area contributed by atoms with Crippen molar-refractivity contribution in [3.8, 4) is 11.1 Å². The van der Waals surface area contributed by atoms with E-state index < -0.39 is 0 Å². The van der Waals surface area contributed by atoms with Gasteiger partial charge in [0.25, 0.3) is 0 Å². The van der Waals surface area contributed by atoms with Crippen molar-refractivity contribution < 1.29 is 0 Å². The summed E-state index contributed by atoms with van der Waals surface area (Å²) >= 11 is 0. The van der Waals surface area contributed by atoms with Crippen LogP contribution in [-0.2, 0) is 6.54 Å². The zero-order chi connectivity index (χ0) is 12.3. The Bertz CT molecular complexity index is 487. The average molecular weight is 226 g/mol. The van der Waals surface area contributed by atoms with E-state index in [2.05, 4.69) is 49.3 Å². The SMILES string of the molecule is CN(C)Cc1ccc(-c2ccccc2N)cc1. The van der Waals surface area contributed by atoms with Crippen molar-refractivity contribution in [1.29, 1.82) is 0 Å². The van der Waals surface area contributed by atoms with Gasteiger partial charge in [0, 0.05) is 17.8 Å². The van der Waals surface area contributed by atoms with Gasteiger partial charge in [0.05, 0.1) is 0 Å². The Labute approximate surface area is 103 Å². The van der Waals surface area contributed by atoms with Crippen LogP contribution >= 0.6 is 0 Å². The lowest BCUT2D eigenvalue weighted by molar-refractivity contribution is 0.402. The molecule has 2 nitrogen and oxygen atoms in total. The first-order valence-corrected chi connectivity index (χ1v) is 5.75. The Kier molecular flexibility index (Phi) is 3.45. The van der Waals surface area contributed by atoms with Crippen molar-refractivity contribution in [3.63, 3.8) is 0 Å². The number of nitrogens with zero attached hydrogens (tertiary/aromatic N) is 1. The molecule has 2 N–H and O–H groups in total. The van der Waals surface area contributed by atoms with Crippen LogP contribution in [0.5, 0.6) is 0 Å². The Hall–Kier alpha value is -1.80. The van der Waals surface area contributed by atoms with Gasteiger partial charge >= 0.3 is 0 Å². The van der Waals surface area contributed by atoms with E-state index in [1.54, 1.807) is 0 Å². The van der Waals surface area contributed by atoms with Gasteiger partial charge < -0.3 is 10.6 Å². The van der Waals surface area contributed by atoms with E-state index in [9.17, 15) is 0 Å². The van der Waals surface area contributed by atoms with Gasteiger partial charge in [-0.3, -0.25) is 0 Å². The minimum absolute atomic E-state index is 0.827. The van der Waals surface area contributed by atoms with E-state index >= 15 is 0 Å². The van der Waals surface area contributed by atoms with E-state index in [1.807, 2.05) is 18.2 Å². The maximum absolute atomic E-state index is 5.96. The highest BCUT2D eigenvalue weighted by atomic mass is 15.0. The highest BCUT2D eigenvalue weighted by Crippen LogP contribution is 2.25. The Morgan fingerprint density at radius 3 is 2.18 bits per heavy atom. The van der Waals surface area contributed by atoms with Crippen molar-refractivity contribution in [2.45, 2.75) is 6.54 Å². The molecule has 0 aromatic heterocycles. The summed E-state index contributed by atoms with van der Waals surface area (Å²) in [5.74, 6) is 0. The van der Waals surface area contributed by atoms with E-state index in [-0.39, 0.29) is 0 Å². The normalized spacial score (nSPS) is 10.8. The van der Waals surface area contributed by atoms with E-state index in [0.717, 1.165) is 17.8 Å². The third kappa shape index (κ3) is 2.86. The van der Waals surface area contributed by atoms with Gasteiger partial charge in [-0.25, -0.2) is 0 Å². The summed E-state index contributed by atoms with van der Waals surface area (Å²) in [5.41, 5.74) is 10.4. The van der Waals surface area contributed by atoms with Crippen LogP contribution in [0.1, 0.15) is 5.56 Å². The van der Waals surface area contributed by atoms with Crippen molar-refractivity contribution in [2.75, 3.05) is 19.8 Å². The molecular formula is C15H18N2. The Balaban J connectivity index is 2.27. The number of para-hydroxylation sites is 1. The predicted molar refractivity (Wildman–Crippen MR) is 73.7 cm³/mol. The molecule has 0 aliphatic heterocycles. The summed E-state index contributed by atoms with van der Waals surface area (Å²) in [6.45, 7) is 0.963. The molecule has 0 unspecified atom stereocenters. The van der Waals surface area contributed by atoms with Crippen molar-refractivity contribution >= 4 is 5.69 Å². The van der Waals surface area contributed by atoms with Crippen LogP contribution in [0.25, 0.3) is 11.1 Å². The lowest BCUT2D eigenvalue weighted by Crippen LogP contribution is -2.10. The number of hydrogen-bond donors (Lipinski definition) is 1. The minimum Gasteiger partial charge on any atom is -0.398 e. The molecule has 0 atom stereocenters. The lowest BCUT2D eigenvalue weighted by Gasteiger charge is -2.10. The fraction of sp³-hybridized carbons (Fsp3) is 0.200. The second kappa shape index (κ2) is 5.02. The summed E-state index contributed by atoms with van der Waals surface area (Å²) in [7, 11) is 4.15. The van der Waals surface area contributed by atoms with E-state index in [1.165, 1.54) is 11.1 Å². The number of rotatable bonds is 3. The van der Waals surface area contributed by atoms with Crippen LogP contribution in [-0.4, -0.2) is 19.0 Å². The first-order chi connectivity index (χ1) is 8.16. The lowest BCUT2D eigenvalue weighted by atomic mass is 10.0. The second-order valence-corrected chi connectivity index (χ2v) is 4.52. The van der Waals surface area contributed by atoms with Crippen LogP contribution in [0.4, 0.5) is 5.69 Å². The zero-order valence-electron chi connectivity index (χ0n) is 10.4. The average Bonchev–Trinajstić information content (AvgIpc) is 2.30. The maximum atomic E-state index is 5.96. The largest absolute Gasteiger partial charge is 0.398 e. The first-order valence-electron chi connectivity index (χ1n) is 5.75. The van der Waals surface area contributed by atoms with Crippen molar-refractivity contribution in [1.82, 2.24) is 4.90 Å². The molecule has 2 rings (SSSR count). The smallest absolute Gasteiger partial charge is 0.0393 e. The zero-order valence-corrected chi connectivity index (χ0v) is 10.4. The van der Waals surface area contributed by atoms with Crippen LogP contribution in [0.15, 0.2) is 48.5 Å². The summed E-state index contributed by atoms with van der Waals surface area (Å²) in [6.07, 6.45) is 0. The summed E-state index contributed by atoms with van der Waals surface area (Å²) in [4.78, 5) is 2.16. The molecule has 0 fully saturated rings. The number of hydrogen-bond acceptors (Lipinski definition) is 2. The van der Waals surface area contributed by atoms with Gasteiger partial charge in [-0.1, -0.05) is 42.5 Å². The van der Waals surface area contributed by atoms with Gasteiger partial charge in [0.2, 0.25) is 0 Å². The third-order valence-corrected chi connectivity index (χ3v) is 2.72. The molecule has 0 bridgehead atoms. The monoisotopic (exact) mass is 226 g/mol. The maximum Gasteiger partial charge on any atom is 0.0393 e. The molecule has 0 spiro atoms. The van der Waals surface area contributed by atoms with Gasteiger partial charge in [0.15, 0.2) is 0 Å². The molecule has 0 saturated carbocycles. The molecule has 2 aromatic rings. The fourth-order valence-corrected chi connectivity index (χ4v) is 1.91. The standard InChI is InChI=1S/C15H18N2/c1-17(2)11-12-7-9-13(10-8-12)14-5-3-4-6-15(14)16/h3-10H,11,16H2,1-2H3. The number of nitrogens with two attached hydrogens (primary N) is 1. The van der Waals surface area contributed by atoms with E-state index in [4.69, 9.17) is 5.73 Å².